The molecule has 0 fully saturated rings. The van der Waals surface area contributed by atoms with Gasteiger partial charge in [0.25, 0.3) is 0 Å². The molecule has 0 aliphatic carbocycles. The second-order valence-corrected chi connectivity index (χ2v) is 2.97. The fourth-order valence-corrected chi connectivity index (χ4v) is 1.20. The van der Waals surface area contributed by atoms with Crippen molar-refractivity contribution in [3.05, 3.63) is 34.1 Å². The Morgan fingerprint density at radius 3 is 2.58 bits per heavy atom. The molecule has 0 aromatic heterocycles. The highest BCUT2D eigenvalue weighted by atomic mass is 35.5. The first-order valence-corrected chi connectivity index (χ1v) is 3.87. The Labute approximate surface area is 75.2 Å². The summed E-state index contributed by atoms with van der Waals surface area (Å²) in [5.74, 6) is -0.589. The lowest BCUT2D eigenvalue weighted by Crippen LogP contribution is -1.97. The minimum Gasteiger partial charge on any atom is -0.295 e. The van der Waals surface area contributed by atoms with Gasteiger partial charge in [0.2, 0.25) is 0 Å². The average Bonchev–Trinajstić information content (AvgIpc) is 2.00. The lowest BCUT2D eigenvalue weighted by molar-refractivity contribution is 0.101. The van der Waals surface area contributed by atoms with Gasteiger partial charge < -0.3 is 0 Å². The number of hydrogen-bond acceptors (Lipinski definition) is 1. The van der Waals surface area contributed by atoms with Crippen molar-refractivity contribution in [1.29, 1.82) is 0 Å². The van der Waals surface area contributed by atoms with E-state index in [9.17, 15) is 9.18 Å². The van der Waals surface area contributed by atoms with Crippen LogP contribution in [0, 0.1) is 12.7 Å². The van der Waals surface area contributed by atoms with Crippen LogP contribution in [0.3, 0.4) is 0 Å². The molecule has 0 aliphatic heterocycles. The van der Waals surface area contributed by atoms with Crippen molar-refractivity contribution in [3.8, 4) is 0 Å². The molecule has 0 amide bonds. The fraction of sp³-hybridized carbons (Fsp3) is 0.222. The molecule has 0 atom stereocenters. The summed E-state index contributed by atoms with van der Waals surface area (Å²) in [5.41, 5.74) is 0.977. The monoisotopic (exact) mass is 186 g/mol. The zero-order chi connectivity index (χ0) is 9.30. The van der Waals surface area contributed by atoms with Gasteiger partial charge in [0.05, 0.1) is 5.02 Å². The normalized spacial score (nSPS) is 10.0. The molecule has 0 aliphatic rings. The van der Waals surface area contributed by atoms with Crippen molar-refractivity contribution >= 4 is 17.4 Å². The van der Waals surface area contributed by atoms with E-state index in [1.54, 1.807) is 6.92 Å². The van der Waals surface area contributed by atoms with Gasteiger partial charge in [-0.3, -0.25) is 4.79 Å². The SMILES string of the molecule is CC(=O)c1ccc(F)c(Cl)c1C. The van der Waals surface area contributed by atoms with Crippen LogP contribution in [0.25, 0.3) is 0 Å². The standard InChI is InChI=1S/C9H8ClFO/c1-5-7(6(2)12)3-4-8(11)9(5)10/h3-4H,1-2H3. The van der Waals surface area contributed by atoms with Crippen LogP contribution in [0.15, 0.2) is 12.1 Å². The fourth-order valence-electron chi connectivity index (χ4n) is 1.03. The molecule has 0 unspecified atom stereocenters. The number of Topliss-reactive ketones (excluding diaryl/α,β-unsaturated/α-hetero) is 1. The highest BCUT2D eigenvalue weighted by molar-refractivity contribution is 6.32. The summed E-state index contributed by atoms with van der Waals surface area (Å²) in [6, 6.07) is 2.64. The Hall–Kier alpha value is -0.890. The zero-order valence-electron chi connectivity index (χ0n) is 6.82. The lowest BCUT2D eigenvalue weighted by atomic mass is 10.1. The Morgan fingerprint density at radius 2 is 2.08 bits per heavy atom. The van der Waals surface area contributed by atoms with E-state index in [0.717, 1.165) is 0 Å². The van der Waals surface area contributed by atoms with E-state index < -0.39 is 5.82 Å². The van der Waals surface area contributed by atoms with Gasteiger partial charge in [-0.1, -0.05) is 11.6 Å². The number of carbonyl (C=O) groups excluding carboxylic acids is 1. The van der Waals surface area contributed by atoms with Crippen LogP contribution in [-0.2, 0) is 0 Å². The molecule has 0 saturated carbocycles. The lowest BCUT2D eigenvalue weighted by Gasteiger charge is -2.03. The van der Waals surface area contributed by atoms with Crippen LogP contribution in [0.2, 0.25) is 5.02 Å². The number of carbonyl (C=O) groups is 1. The molecule has 64 valence electrons. The second kappa shape index (κ2) is 3.23. The van der Waals surface area contributed by atoms with Gasteiger partial charge in [0, 0.05) is 5.56 Å². The predicted octanol–water partition coefficient (Wildman–Crippen LogP) is 2.99. The molecule has 12 heavy (non-hydrogen) atoms. The topological polar surface area (TPSA) is 17.1 Å². The van der Waals surface area contributed by atoms with Crippen molar-refractivity contribution in [3.63, 3.8) is 0 Å². The smallest absolute Gasteiger partial charge is 0.160 e. The van der Waals surface area contributed by atoms with Gasteiger partial charge in [-0.25, -0.2) is 4.39 Å². The molecule has 1 nitrogen and oxygen atoms in total. The van der Waals surface area contributed by atoms with Crippen molar-refractivity contribution < 1.29 is 9.18 Å². The molecule has 0 bridgehead atoms. The van der Waals surface area contributed by atoms with E-state index in [4.69, 9.17) is 11.6 Å². The Morgan fingerprint density at radius 1 is 1.50 bits per heavy atom. The Balaban J connectivity index is 3.36. The maximum absolute atomic E-state index is 12.8. The highest BCUT2D eigenvalue weighted by Gasteiger charge is 2.09. The molecule has 0 spiro atoms. The third-order valence-corrected chi connectivity index (χ3v) is 2.18. The summed E-state index contributed by atoms with van der Waals surface area (Å²) in [6.07, 6.45) is 0. The van der Waals surface area contributed by atoms with Gasteiger partial charge >= 0.3 is 0 Å². The van der Waals surface area contributed by atoms with Crippen molar-refractivity contribution in [1.82, 2.24) is 0 Å². The molecule has 3 heteroatoms. The largest absolute Gasteiger partial charge is 0.295 e. The van der Waals surface area contributed by atoms with Crippen LogP contribution in [0.1, 0.15) is 22.8 Å². The molecule has 0 radical (unpaired) electrons. The summed E-state index contributed by atoms with van der Waals surface area (Å²) in [6.45, 7) is 3.05. The van der Waals surface area contributed by atoms with Gasteiger partial charge in [-0.2, -0.15) is 0 Å². The summed E-state index contributed by atoms with van der Waals surface area (Å²) in [5, 5.41) is 0.0303. The van der Waals surface area contributed by atoms with Crippen LogP contribution >= 0.6 is 11.6 Å². The van der Waals surface area contributed by atoms with Crippen LogP contribution < -0.4 is 0 Å². The number of rotatable bonds is 1. The van der Waals surface area contributed by atoms with Gasteiger partial charge in [0.15, 0.2) is 5.78 Å². The van der Waals surface area contributed by atoms with E-state index in [2.05, 4.69) is 0 Å². The molecule has 1 rings (SSSR count). The third kappa shape index (κ3) is 1.48. The molecule has 1 aromatic carbocycles. The predicted molar refractivity (Wildman–Crippen MR) is 46.2 cm³/mol. The molecule has 0 heterocycles. The Bertz CT molecular complexity index is 334. The minimum absolute atomic E-state index is 0.0303. The minimum atomic E-state index is -0.487. The van der Waals surface area contributed by atoms with Crippen molar-refractivity contribution in [2.24, 2.45) is 0 Å². The second-order valence-electron chi connectivity index (χ2n) is 2.59. The van der Waals surface area contributed by atoms with Crippen LogP contribution in [-0.4, -0.2) is 5.78 Å². The summed E-state index contributed by atoms with van der Waals surface area (Å²) in [7, 11) is 0. The van der Waals surface area contributed by atoms with Crippen LogP contribution in [0.5, 0.6) is 0 Å². The first kappa shape index (κ1) is 9.20. The van der Waals surface area contributed by atoms with Gasteiger partial charge in [0.1, 0.15) is 5.82 Å². The first-order chi connectivity index (χ1) is 5.54. The average molecular weight is 187 g/mol. The molecular formula is C9H8ClFO. The third-order valence-electron chi connectivity index (χ3n) is 1.72. The van der Waals surface area contributed by atoms with Crippen molar-refractivity contribution in [2.75, 3.05) is 0 Å². The van der Waals surface area contributed by atoms with E-state index in [1.807, 2.05) is 0 Å². The summed E-state index contributed by atoms with van der Waals surface area (Å²) in [4.78, 5) is 10.9. The maximum atomic E-state index is 12.8. The summed E-state index contributed by atoms with van der Waals surface area (Å²) < 4.78 is 12.8. The number of benzene rings is 1. The van der Waals surface area contributed by atoms with Gasteiger partial charge in [-0.15, -0.1) is 0 Å². The molecule has 0 N–H and O–H groups in total. The number of halogens is 2. The molecule has 0 saturated heterocycles. The zero-order valence-corrected chi connectivity index (χ0v) is 7.57. The van der Waals surface area contributed by atoms with Crippen LogP contribution in [0.4, 0.5) is 4.39 Å². The number of hydrogen-bond donors (Lipinski definition) is 0. The maximum Gasteiger partial charge on any atom is 0.160 e. The quantitative estimate of drug-likeness (QED) is 0.617. The van der Waals surface area contributed by atoms with E-state index >= 15 is 0 Å². The first-order valence-electron chi connectivity index (χ1n) is 3.49. The molecular weight excluding hydrogens is 179 g/mol. The number of ketones is 1. The summed E-state index contributed by atoms with van der Waals surface area (Å²) >= 11 is 5.60. The van der Waals surface area contributed by atoms with E-state index in [0.29, 0.717) is 11.1 Å². The van der Waals surface area contributed by atoms with Crippen molar-refractivity contribution in [2.45, 2.75) is 13.8 Å². The Kier molecular flexibility index (Phi) is 2.48. The van der Waals surface area contributed by atoms with E-state index in [1.165, 1.54) is 19.1 Å². The van der Waals surface area contributed by atoms with Gasteiger partial charge in [-0.05, 0) is 31.5 Å². The molecule has 1 aromatic rings. The highest BCUT2D eigenvalue weighted by Crippen LogP contribution is 2.22. The van der Waals surface area contributed by atoms with E-state index in [-0.39, 0.29) is 10.8 Å².